The van der Waals surface area contributed by atoms with Crippen LogP contribution in [0.25, 0.3) is 16.7 Å². The van der Waals surface area contributed by atoms with Crippen LogP contribution in [0, 0.1) is 23.2 Å². The Balaban J connectivity index is 1.65. The molecule has 0 radical (unpaired) electrons. The molecule has 0 amide bonds. The molecule has 0 unspecified atom stereocenters. The summed E-state index contributed by atoms with van der Waals surface area (Å²) in [6.45, 7) is 34.4. The molecule has 2 aromatic rings. The van der Waals surface area contributed by atoms with E-state index in [0.717, 1.165) is 44.1 Å². The Hall–Kier alpha value is -3.12. The van der Waals surface area contributed by atoms with Crippen molar-refractivity contribution in [3.8, 4) is 11.1 Å². The summed E-state index contributed by atoms with van der Waals surface area (Å²) in [5.41, 5.74) is 17.5. The summed E-state index contributed by atoms with van der Waals surface area (Å²) in [6, 6.07) is 13.9. The molecule has 0 spiro atoms. The molecule has 3 aliphatic carbocycles. The molecule has 0 bridgehead atoms. The Morgan fingerprint density at radius 3 is 2.25 bits per heavy atom. The third kappa shape index (κ3) is 4.01. The van der Waals surface area contributed by atoms with Gasteiger partial charge in [-0.15, -0.1) is 6.58 Å². The van der Waals surface area contributed by atoms with Gasteiger partial charge < -0.3 is 0 Å². The zero-order valence-electron chi connectivity index (χ0n) is 26.1. The van der Waals surface area contributed by atoms with Gasteiger partial charge in [0.2, 0.25) is 0 Å². The Kier molecular flexibility index (Phi) is 6.93. The summed E-state index contributed by atoms with van der Waals surface area (Å²) in [6.07, 6.45) is 8.58. The van der Waals surface area contributed by atoms with Gasteiger partial charge in [-0.25, -0.2) is 0 Å². The lowest BCUT2D eigenvalue weighted by molar-refractivity contribution is 0.0544. The highest BCUT2D eigenvalue weighted by Gasteiger charge is 2.59. The second-order valence-corrected chi connectivity index (χ2v) is 13.8. The third-order valence-electron chi connectivity index (χ3n) is 11.0. The van der Waals surface area contributed by atoms with Crippen LogP contribution in [-0.2, 0) is 12.8 Å². The van der Waals surface area contributed by atoms with Crippen LogP contribution in [0.15, 0.2) is 102 Å². The predicted octanol–water partition coefficient (Wildman–Crippen LogP) is 11.3. The van der Waals surface area contributed by atoms with E-state index in [-0.39, 0.29) is 16.2 Å². The van der Waals surface area contributed by atoms with Gasteiger partial charge in [0.1, 0.15) is 0 Å². The van der Waals surface area contributed by atoms with Crippen molar-refractivity contribution >= 4 is 5.57 Å². The van der Waals surface area contributed by atoms with Gasteiger partial charge in [-0.2, -0.15) is 0 Å². The summed E-state index contributed by atoms with van der Waals surface area (Å²) in [5, 5.41) is 0. The van der Waals surface area contributed by atoms with E-state index in [2.05, 4.69) is 98.0 Å². The first-order chi connectivity index (χ1) is 18.8. The number of allylic oxidation sites excluding steroid dienone is 8. The van der Waals surface area contributed by atoms with E-state index in [1.165, 1.54) is 66.8 Å². The molecule has 0 saturated carbocycles. The highest BCUT2D eigenvalue weighted by Crippen LogP contribution is 2.70. The van der Waals surface area contributed by atoms with Gasteiger partial charge in [0, 0.05) is 5.41 Å². The van der Waals surface area contributed by atoms with E-state index in [1.54, 1.807) is 0 Å². The molecule has 0 fully saturated rings. The Labute approximate surface area is 244 Å². The molecule has 3 atom stereocenters. The molecule has 40 heavy (non-hydrogen) atoms. The van der Waals surface area contributed by atoms with Crippen LogP contribution in [0.3, 0.4) is 0 Å². The third-order valence-corrected chi connectivity index (χ3v) is 11.0. The van der Waals surface area contributed by atoms with E-state index in [0.29, 0.717) is 0 Å². The number of benzene rings is 2. The second-order valence-electron chi connectivity index (χ2n) is 13.8. The average Bonchev–Trinajstić information content (AvgIpc) is 2.86. The summed E-state index contributed by atoms with van der Waals surface area (Å²) in [7, 11) is 0. The van der Waals surface area contributed by atoms with Gasteiger partial charge >= 0.3 is 0 Å². The molecule has 5 rings (SSSR count). The van der Waals surface area contributed by atoms with Crippen LogP contribution >= 0.6 is 0 Å². The molecule has 0 nitrogen and oxygen atoms in total. The Bertz CT molecular complexity index is 1520. The summed E-state index contributed by atoms with van der Waals surface area (Å²) in [4.78, 5) is 0. The first kappa shape index (κ1) is 28.4. The molecule has 0 heteroatoms. The molecule has 3 aliphatic rings. The van der Waals surface area contributed by atoms with Crippen molar-refractivity contribution < 1.29 is 0 Å². The molecule has 2 aromatic carbocycles. The second kappa shape index (κ2) is 9.76. The fourth-order valence-corrected chi connectivity index (χ4v) is 9.11. The molecule has 0 aromatic heterocycles. The summed E-state index contributed by atoms with van der Waals surface area (Å²) in [5.74, 6) is 0. The molecule has 0 aliphatic heterocycles. The van der Waals surface area contributed by atoms with Gasteiger partial charge in [-0.3, -0.25) is 0 Å². The van der Waals surface area contributed by atoms with Crippen molar-refractivity contribution in [2.24, 2.45) is 16.2 Å². The molecular formula is C40H48. The fraction of sp³-hybridized carbons (Fsp3) is 0.400. The number of fused-ring (bicyclic) bond motifs is 3. The van der Waals surface area contributed by atoms with Crippen molar-refractivity contribution in [1.82, 2.24) is 0 Å². The monoisotopic (exact) mass is 528 g/mol. The highest BCUT2D eigenvalue weighted by atomic mass is 14.6. The van der Waals surface area contributed by atoms with Crippen LogP contribution < -0.4 is 0 Å². The normalized spacial score (nSPS) is 27.8. The SMILES string of the molecule is C=CCCCc1ccc(-c2ccc(C)c3c2C[C@]2(C)C[C@]4(C)CC(C)=C(C(=C)C)C(=C)[C@]4(C)C(C)=C2C3=C)cc1. The van der Waals surface area contributed by atoms with Crippen LogP contribution in [0.1, 0.15) is 89.5 Å². The lowest BCUT2D eigenvalue weighted by Gasteiger charge is -2.62. The maximum atomic E-state index is 4.85. The number of unbranched alkanes of at least 4 members (excludes halogenated alkanes) is 1. The van der Waals surface area contributed by atoms with Crippen LogP contribution in [0.4, 0.5) is 0 Å². The predicted molar refractivity (Wildman–Crippen MR) is 175 cm³/mol. The van der Waals surface area contributed by atoms with Gasteiger partial charge in [-0.05, 0) is 133 Å². The van der Waals surface area contributed by atoms with Crippen LogP contribution in [-0.4, -0.2) is 0 Å². The minimum atomic E-state index is -0.122. The van der Waals surface area contributed by atoms with E-state index in [1.807, 2.05) is 6.08 Å². The fourth-order valence-electron chi connectivity index (χ4n) is 9.11. The van der Waals surface area contributed by atoms with Crippen molar-refractivity contribution in [3.05, 3.63) is 124 Å². The lowest BCUT2D eigenvalue weighted by atomic mass is 9.41. The first-order valence-corrected chi connectivity index (χ1v) is 15.1. The molecule has 208 valence electrons. The maximum absolute atomic E-state index is 4.85. The minimum absolute atomic E-state index is 0.0247. The molecule has 0 N–H and O–H groups in total. The number of hydrogen-bond acceptors (Lipinski definition) is 0. The topological polar surface area (TPSA) is 0 Å². The van der Waals surface area contributed by atoms with Crippen LogP contribution in [0.2, 0.25) is 0 Å². The van der Waals surface area contributed by atoms with Crippen molar-refractivity contribution in [3.63, 3.8) is 0 Å². The average molecular weight is 529 g/mol. The molecular weight excluding hydrogens is 480 g/mol. The number of rotatable bonds is 6. The zero-order valence-corrected chi connectivity index (χ0v) is 26.1. The first-order valence-electron chi connectivity index (χ1n) is 15.1. The number of hydrogen-bond donors (Lipinski definition) is 0. The van der Waals surface area contributed by atoms with Gasteiger partial charge in [0.25, 0.3) is 0 Å². The molecule has 0 heterocycles. The van der Waals surface area contributed by atoms with E-state index < -0.39 is 0 Å². The van der Waals surface area contributed by atoms with Gasteiger partial charge in [0.15, 0.2) is 0 Å². The number of aryl methyl sites for hydroxylation is 2. The largest absolute Gasteiger partial charge is 0.103 e. The van der Waals surface area contributed by atoms with Crippen LogP contribution in [0.5, 0.6) is 0 Å². The maximum Gasteiger partial charge on any atom is 0.0194 e. The van der Waals surface area contributed by atoms with Crippen molar-refractivity contribution in [2.75, 3.05) is 0 Å². The lowest BCUT2D eigenvalue weighted by Crippen LogP contribution is -2.52. The van der Waals surface area contributed by atoms with Crippen molar-refractivity contribution in [1.29, 1.82) is 0 Å². The highest BCUT2D eigenvalue weighted by molar-refractivity contribution is 5.90. The van der Waals surface area contributed by atoms with E-state index in [9.17, 15) is 0 Å². The standard InChI is InChI=1S/C40H48/c1-12-13-14-15-31-17-19-32(20-18-31)33-21-16-26(4)36-28(6)37-30(8)40(11)29(7)35(25(2)3)27(5)22-39(40,10)24-38(37,9)23-34(33)36/h12,16-21H,1-2,6-7,13-15,22-24H2,3-5,8-11H3/t38-,39+,40-/m1/s1. The van der Waals surface area contributed by atoms with E-state index in [4.69, 9.17) is 13.2 Å². The minimum Gasteiger partial charge on any atom is -0.103 e. The molecule has 0 saturated heterocycles. The summed E-state index contributed by atoms with van der Waals surface area (Å²) >= 11 is 0. The zero-order chi connectivity index (χ0) is 29.2. The Morgan fingerprint density at radius 1 is 0.950 bits per heavy atom. The van der Waals surface area contributed by atoms with Gasteiger partial charge in [-0.1, -0.05) is 99.7 Å². The smallest absolute Gasteiger partial charge is 0.0194 e. The summed E-state index contributed by atoms with van der Waals surface area (Å²) < 4.78 is 0. The quantitative estimate of drug-likeness (QED) is 0.258. The Morgan fingerprint density at radius 2 is 1.62 bits per heavy atom. The van der Waals surface area contributed by atoms with Crippen molar-refractivity contribution in [2.45, 2.75) is 87.0 Å². The van der Waals surface area contributed by atoms with Gasteiger partial charge in [0.05, 0.1) is 0 Å². The van der Waals surface area contributed by atoms with E-state index >= 15 is 0 Å².